The summed E-state index contributed by atoms with van der Waals surface area (Å²) in [4.78, 5) is 24.7. The molecule has 0 saturated carbocycles. The number of carbonyl (C=O) groups excluding carboxylic acids is 2. The van der Waals surface area contributed by atoms with Crippen LogP contribution in [0, 0.1) is 6.92 Å². The average molecular weight is 326 g/mol. The molecule has 0 aliphatic heterocycles. The van der Waals surface area contributed by atoms with Crippen LogP contribution in [0.2, 0.25) is 0 Å². The van der Waals surface area contributed by atoms with Crippen molar-refractivity contribution in [2.45, 2.75) is 32.8 Å². The number of ether oxygens (including phenoxy) is 2. The Morgan fingerprint density at radius 1 is 1.00 bits per heavy atom. The third-order valence-corrected chi connectivity index (χ3v) is 3.57. The molecule has 0 amide bonds. The summed E-state index contributed by atoms with van der Waals surface area (Å²) in [6, 6.07) is 15.9. The molecule has 2 aromatic rings. The molecule has 0 bridgehead atoms. The van der Waals surface area contributed by atoms with Gasteiger partial charge in [-0.1, -0.05) is 61.4 Å². The van der Waals surface area contributed by atoms with Crippen LogP contribution in [0.4, 0.5) is 0 Å². The highest BCUT2D eigenvalue weighted by molar-refractivity contribution is 5.91. The maximum Gasteiger partial charge on any atom is 0.352 e. The SMILES string of the molecule is CCCCOC(=O)C(OC(=O)c1ccc(C)cc1)c1ccccc1. The second-order valence-electron chi connectivity index (χ2n) is 5.58. The highest BCUT2D eigenvalue weighted by atomic mass is 16.6. The second kappa shape index (κ2) is 8.87. The van der Waals surface area contributed by atoms with Crippen LogP contribution in [0.1, 0.15) is 47.4 Å². The van der Waals surface area contributed by atoms with Crippen LogP contribution >= 0.6 is 0 Å². The molecule has 24 heavy (non-hydrogen) atoms. The molecule has 1 unspecified atom stereocenters. The van der Waals surface area contributed by atoms with Crippen molar-refractivity contribution in [2.75, 3.05) is 6.61 Å². The Morgan fingerprint density at radius 2 is 1.67 bits per heavy atom. The number of unbranched alkanes of at least 4 members (excludes halogenated alkanes) is 1. The predicted molar refractivity (Wildman–Crippen MR) is 91.6 cm³/mol. The molecular weight excluding hydrogens is 304 g/mol. The zero-order chi connectivity index (χ0) is 17.4. The van der Waals surface area contributed by atoms with Crippen molar-refractivity contribution in [3.63, 3.8) is 0 Å². The Balaban J connectivity index is 2.14. The molecule has 0 aromatic heterocycles. The molecule has 2 aromatic carbocycles. The third kappa shape index (κ3) is 4.95. The van der Waals surface area contributed by atoms with Crippen molar-refractivity contribution < 1.29 is 19.1 Å². The highest BCUT2D eigenvalue weighted by Gasteiger charge is 2.27. The van der Waals surface area contributed by atoms with E-state index in [9.17, 15) is 9.59 Å². The smallest absolute Gasteiger partial charge is 0.352 e. The van der Waals surface area contributed by atoms with E-state index in [1.165, 1.54) is 0 Å². The standard InChI is InChI=1S/C20H22O4/c1-3-4-14-23-20(22)18(16-8-6-5-7-9-16)24-19(21)17-12-10-15(2)11-13-17/h5-13,18H,3-4,14H2,1-2H3. The topological polar surface area (TPSA) is 52.6 Å². The Bertz CT molecular complexity index is 662. The molecule has 4 nitrogen and oxygen atoms in total. The minimum atomic E-state index is -1.06. The Hall–Kier alpha value is -2.62. The lowest BCUT2D eigenvalue weighted by molar-refractivity contribution is -0.154. The summed E-state index contributed by atoms with van der Waals surface area (Å²) in [5.74, 6) is -1.09. The van der Waals surface area contributed by atoms with Gasteiger partial charge in [0, 0.05) is 5.56 Å². The van der Waals surface area contributed by atoms with Crippen molar-refractivity contribution >= 4 is 11.9 Å². The van der Waals surface area contributed by atoms with Gasteiger partial charge in [-0.05, 0) is 25.5 Å². The number of esters is 2. The second-order valence-corrected chi connectivity index (χ2v) is 5.58. The van der Waals surface area contributed by atoms with E-state index in [4.69, 9.17) is 9.47 Å². The molecule has 0 spiro atoms. The van der Waals surface area contributed by atoms with Crippen LogP contribution < -0.4 is 0 Å². The summed E-state index contributed by atoms with van der Waals surface area (Å²) >= 11 is 0. The Labute approximate surface area is 142 Å². The molecule has 0 aliphatic rings. The molecule has 0 heterocycles. The lowest BCUT2D eigenvalue weighted by Gasteiger charge is -2.17. The van der Waals surface area contributed by atoms with Gasteiger partial charge in [0.25, 0.3) is 0 Å². The number of aryl methyl sites for hydroxylation is 1. The zero-order valence-electron chi connectivity index (χ0n) is 14.0. The van der Waals surface area contributed by atoms with Gasteiger partial charge in [0.1, 0.15) is 0 Å². The first kappa shape index (κ1) is 17.7. The number of benzene rings is 2. The van der Waals surface area contributed by atoms with Crippen LogP contribution in [0.5, 0.6) is 0 Å². The first-order chi connectivity index (χ1) is 11.6. The molecular formula is C20H22O4. The van der Waals surface area contributed by atoms with Gasteiger partial charge < -0.3 is 9.47 Å². The van der Waals surface area contributed by atoms with Crippen LogP contribution in [-0.2, 0) is 14.3 Å². The van der Waals surface area contributed by atoms with Crippen LogP contribution in [0.3, 0.4) is 0 Å². The first-order valence-corrected chi connectivity index (χ1v) is 8.11. The molecule has 1 atom stereocenters. The van der Waals surface area contributed by atoms with E-state index in [0.29, 0.717) is 17.7 Å². The van der Waals surface area contributed by atoms with E-state index in [0.717, 1.165) is 18.4 Å². The summed E-state index contributed by atoms with van der Waals surface area (Å²) < 4.78 is 10.7. The summed E-state index contributed by atoms with van der Waals surface area (Å²) in [5, 5.41) is 0. The Kier molecular flexibility index (Phi) is 6.55. The molecule has 2 rings (SSSR count). The van der Waals surface area contributed by atoms with Crippen LogP contribution in [0.25, 0.3) is 0 Å². The maximum atomic E-state index is 12.3. The van der Waals surface area contributed by atoms with Gasteiger partial charge in [0.15, 0.2) is 0 Å². The van der Waals surface area contributed by atoms with E-state index < -0.39 is 18.0 Å². The summed E-state index contributed by atoms with van der Waals surface area (Å²) in [5.41, 5.74) is 2.05. The van der Waals surface area contributed by atoms with E-state index >= 15 is 0 Å². The van der Waals surface area contributed by atoms with E-state index in [-0.39, 0.29) is 0 Å². The predicted octanol–water partition coefficient (Wildman–Crippen LogP) is 4.24. The van der Waals surface area contributed by atoms with Gasteiger partial charge in [0.05, 0.1) is 12.2 Å². The molecule has 0 saturated heterocycles. The van der Waals surface area contributed by atoms with Gasteiger partial charge in [0.2, 0.25) is 6.10 Å². The van der Waals surface area contributed by atoms with Gasteiger partial charge in [-0.25, -0.2) is 9.59 Å². The van der Waals surface area contributed by atoms with Gasteiger partial charge in [-0.3, -0.25) is 0 Å². The summed E-state index contributed by atoms with van der Waals surface area (Å²) in [6.45, 7) is 4.27. The average Bonchev–Trinajstić information content (AvgIpc) is 2.61. The minimum absolute atomic E-state index is 0.320. The fourth-order valence-corrected chi connectivity index (χ4v) is 2.14. The van der Waals surface area contributed by atoms with Crippen molar-refractivity contribution in [3.05, 3.63) is 71.3 Å². The van der Waals surface area contributed by atoms with Gasteiger partial charge in [-0.15, -0.1) is 0 Å². The molecule has 0 aliphatic carbocycles. The largest absolute Gasteiger partial charge is 0.463 e. The fraction of sp³-hybridized carbons (Fsp3) is 0.300. The third-order valence-electron chi connectivity index (χ3n) is 3.57. The summed E-state index contributed by atoms with van der Waals surface area (Å²) in [7, 11) is 0. The maximum absolute atomic E-state index is 12.3. The number of carbonyl (C=O) groups is 2. The number of hydrogen-bond acceptors (Lipinski definition) is 4. The zero-order valence-corrected chi connectivity index (χ0v) is 14.0. The van der Waals surface area contributed by atoms with E-state index in [2.05, 4.69) is 0 Å². The van der Waals surface area contributed by atoms with Gasteiger partial charge >= 0.3 is 11.9 Å². The molecule has 4 heteroatoms. The number of rotatable bonds is 7. The lowest BCUT2D eigenvalue weighted by atomic mass is 10.1. The highest BCUT2D eigenvalue weighted by Crippen LogP contribution is 2.21. The summed E-state index contributed by atoms with van der Waals surface area (Å²) in [6.07, 6.45) is 0.642. The van der Waals surface area contributed by atoms with Crippen molar-refractivity contribution in [1.82, 2.24) is 0 Å². The van der Waals surface area contributed by atoms with Crippen LogP contribution in [-0.4, -0.2) is 18.5 Å². The van der Waals surface area contributed by atoms with E-state index in [1.807, 2.05) is 32.0 Å². The monoisotopic (exact) mass is 326 g/mol. The quantitative estimate of drug-likeness (QED) is 0.564. The Morgan fingerprint density at radius 3 is 2.29 bits per heavy atom. The molecule has 126 valence electrons. The molecule has 0 fully saturated rings. The van der Waals surface area contributed by atoms with Gasteiger partial charge in [-0.2, -0.15) is 0 Å². The molecule has 0 radical (unpaired) electrons. The normalized spacial score (nSPS) is 11.6. The minimum Gasteiger partial charge on any atom is -0.463 e. The first-order valence-electron chi connectivity index (χ1n) is 8.11. The lowest BCUT2D eigenvalue weighted by Crippen LogP contribution is -2.22. The van der Waals surface area contributed by atoms with Crippen LogP contribution in [0.15, 0.2) is 54.6 Å². The number of hydrogen-bond donors (Lipinski definition) is 0. The van der Waals surface area contributed by atoms with Crippen molar-refractivity contribution in [1.29, 1.82) is 0 Å². The van der Waals surface area contributed by atoms with Crippen molar-refractivity contribution in [2.24, 2.45) is 0 Å². The molecule has 0 N–H and O–H groups in total. The van der Waals surface area contributed by atoms with Crippen molar-refractivity contribution in [3.8, 4) is 0 Å². The fourth-order valence-electron chi connectivity index (χ4n) is 2.14. The van der Waals surface area contributed by atoms with E-state index in [1.54, 1.807) is 36.4 Å².